The molecule has 0 spiro atoms. The van der Waals surface area contributed by atoms with Gasteiger partial charge in [-0.1, -0.05) is 11.3 Å². The zero-order chi connectivity index (χ0) is 11.7. The van der Waals surface area contributed by atoms with E-state index in [4.69, 9.17) is 4.74 Å². The Kier molecular flexibility index (Phi) is 3.14. The van der Waals surface area contributed by atoms with Crippen LogP contribution in [-0.2, 0) is 4.74 Å². The maximum Gasteiger partial charge on any atom is 0.350 e. The number of thiazole rings is 1. The number of aromatic nitrogens is 1. The lowest BCUT2D eigenvalue weighted by atomic mass is 10.4. The minimum Gasteiger partial charge on any atom is -0.465 e. The molecular formula is C11H16N2O2S. The molecule has 1 aromatic heterocycles. The third kappa shape index (κ3) is 2.35. The summed E-state index contributed by atoms with van der Waals surface area (Å²) < 4.78 is 4.72. The van der Waals surface area contributed by atoms with Crippen molar-refractivity contribution in [3.05, 3.63) is 10.6 Å². The second kappa shape index (κ2) is 4.41. The fraction of sp³-hybridized carbons (Fsp3) is 0.636. The van der Waals surface area contributed by atoms with Gasteiger partial charge in [-0.15, -0.1) is 0 Å². The van der Waals surface area contributed by atoms with Crippen LogP contribution in [0.3, 0.4) is 0 Å². The van der Waals surface area contributed by atoms with Crippen molar-refractivity contribution in [1.29, 1.82) is 0 Å². The average molecular weight is 240 g/mol. The lowest BCUT2D eigenvalue weighted by molar-refractivity contribution is 0.0605. The Bertz CT molecular complexity index is 399. The first-order valence-electron chi connectivity index (χ1n) is 5.38. The van der Waals surface area contributed by atoms with Gasteiger partial charge < -0.3 is 9.64 Å². The molecule has 1 aromatic rings. The number of nitrogens with zero attached hydrogens (tertiary/aromatic N) is 2. The van der Waals surface area contributed by atoms with Crippen molar-refractivity contribution in [3.8, 4) is 0 Å². The molecule has 1 aliphatic rings. The number of hydrogen-bond donors (Lipinski definition) is 0. The van der Waals surface area contributed by atoms with Crippen molar-refractivity contribution < 1.29 is 9.53 Å². The Morgan fingerprint density at radius 3 is 2.88 bits per heavy atom. The van der Waals surface area contributed by atoms with Crippen LogP contribution in [0.4, 0.5) is 5.13 Å². The van der Waals surface area contributed by atoms with E-state index in [0.717, 1.165) is 23.3 Å². The van der Waals surface area contributed by atoms with E-state index in [2.05, 4.69) is 9.88 Å². The summed E-state index contributed by atoms with van der Waals surface area (Å²) in [5.41, 5.74) is 0.759. The van der Waals surface area contributed by atoms with E-state index in [0.29, 0.717) is 4.88 Å². The molecule has 1 aliphatic carbocycles. The molecule has 0 saturated heterocycles. The normalized spacial score (nSPS) is 14.9. The number of ether oxygens (including phenoxy) is 1. The Morgan fingerprint density at radius 2 is 2.31 bits per heavy atom. The highest BCUT2D eigenvalue weighted by atomic mass is 32.1. The quantitative estimate of drug-likeness (QED) is 0.756. The molecule has 0 radical (unpaired) electrons. The highest BCUT2D eigenvalue weighted by Crippen LogP contribution is 2.32. The van der Waals surface area contributed by atoms with Crippen LogP contribution >= 0.6 is 11.3 Å². The van der Waals surface area contributed by atoms with Gasteiger partial charge in [0.05, 0.1) is 12.8 Å². The zero-order valence-electron chi connectivity index (χ0n) is 9.82. The van der Waals surface area contributed by atoms with Crippen LogP contribution in [-0.4, -0.2) is 31.7 Å². The van der Waals surface area contributed by atoms with Gasteiger partial charge in [0.1, 0.15) is 4.88 Å². The smallest absolute Gasteiger partial charge is 0.350 e. The van der Waals surface area contributed by atoms with E-state index >= 15 is 0 Å². The minimum atomic E-state index is -0.291. The highest BCUT2D eigenvalue weighted by molar-refractivity contribution is 7.17. The van der Waals surface area contributed by atoms with Gasteiger partial charge in [-0.2, -0.15) is 0 Å². The zero-order valence-corrected chi connectivity index (χ0v) is 10.6. The van der Waals surface area contributed by atoms with E-state index in [9.17, 15) is 4.79 Å². The maximum absolute atomic E-state index is 11.4. The molecule has 4 nitrogen and oxygen atoms in total. The van der Waals surface area contributed by atoms with Gasteiger partial charge in [0, 0.05) is 13.6 Å². The summed E-state index contributed by atoms with van der Waals surface area (Å²) in [6.07, 6.45) is 2.64. The number of anilines is 1. The minimum absolute atomic E-state index is 0.291. The number of carbonyl (C=O) groups is 1. The maximum atomic E-state index is 11.4. The Labute approximate surface area is 99.2 Å². The van der Waals surface area contributed by atoms with E-state index in [1.807, 2.05) is 14.0 Å². The number of aryl methyl sites for hydroxylation is 1. The Balaban J connectivity index is 2.12. The first kappa shape index (κ1) is 11.4. The van der Waals surface area contributed by atoms with Crippen molar-refractivity contribution >= 4 is 22.4 Å². The Hall–Kier alpha value is -1.10. The van der Waals surface area contributed by atoms with Crippen LogP contribution in [0.25, 0.3) is 0 Å². The molecule has 0 bridgehead atoms. The molecule has 0 N–H and O–H groups in total. The van der Waals surface area contributed by atoms with Crippen molar-refractivity contribution in [2.45, 2.75) is 19.8 Å². The summed E-state index contributed by atoms with van der Waals surface area (Å²) in [4.78, 5) is 18.6. The molecule has 5 heteroatoms. The second-order valence-electron chi connectivity index (χ2n) is 4.23. The predicted molar refractivity (Wildman–Crippen MR) is 64.2 cm³/mol. The third-order valence-corrected chi connectivity index (χ3v) is 3.96. The van der Waals surface area contributed by atoms with Crippen LogP contribution in [0.15, 0.2) is 0 Å². The van der Waals surface area contributed by atoms with Gasteiger partial charge in [0.15, 0.2) is 5.13 Å². The van der Waals surface area contributed by atoms with Crippen LogP contribution in [0.2, 0.25) is 0 Å². The summed E-state index contributed by atoms with van der Waals surface area (Å²) >= 11 is 1.41. The molecule has 0 aromatic carbocycles. The lowest BCUT2D eigenvalue weighted by Gasteiger charge is -2.14. The largest absolute Gasteiger partial charge is 0.465 e. The topological polar surface area (TPSA) is 42.4 Å². The van der Waals surface area contributed by atoms with Gasteiger partial charge in [0.2, 0.25) is 0 Å². The van der Waals surface area contributed by atoms with Crippen molar-refractivity contribution in [3.63, 3.8) is 0 Å². The van der Waals surface area contributed by atoms with Gasteiger partial charge in [-0.25, -0.2) is 9.78 Å². The molecule has 0 amide bonds. The van der Waals surface area contributed by atoms with Gasteiger partial charge in [0.25, 0.3) is 0 Å². The molecule has 0 atom stereocenters. The van der Waals surface area contributed by atoms with Gasteiger partial charge >= 0.3 is 5.97 Å². The number of rotatable bonds is 4. The second-order valence-corrected chi connectivity index (χ2v) is 5.20. The SMILES string of the molecule is COC(=O)c1sc(N(C)CC2CC2)nc1C. The third-order valence-electron chi connectivity index (χ3n) is 2.71. The molecular weight excluding hydrogens is 224 g/mol. The summed E-state index contributed by atoms with van der Waals surface area (Å²) in [5.74, 6) is 0.525. The van der Waals surface area contributed by atoms with Crippen molar-refractivity contribution in [2.24, 2.45) is 5.92 Å². The summed E-state index contributed by atoms with van der Waals surface area (Å²) in [6.45, 7) is 2.88. The number of hydrogen-bond acceptors (Lipinski definition) is 5. The monoisotopic (exact) mass is 240 g/mol. The molecule has 2 rings (SSSR count). The standard InChI is InChI=1S/C11H16N2O2S/c1-7-9(10(14)15-3)16-11(12-7)13(2)6-8-4-5-8/h8H,4-6H2,1-3H3. The van der Waals surface area contributed by atoms with Crippen LogP contribution < -0.4 is 4.90 Å². The van der Waals surface area contributed by atoms with Crippen LogP contribution in [0, 0.1) is 12.8 Å². The summed E-state index contributed by atoms with van der Waals surface area (Å²) in [7, 11) is 3.42. The van der Waals surface area contributed by atoms with Gasteiger partial charge in [-0.3, -0.25) is 0 Å². The molecule has 0 aliphatic heterocycles. The van der Waals surface area contributed by atoms with Crippen LogP contribution in [0.5, 0.6) is 0 Å². The summed E-state index contributed by atoms with van der Waals surface area (Å²) in [5, 5.41) is 0.907. The van der Waals surface area contributed by atoms with Crippen molar-refractivity contribution in [1.82, 2.24) is 4.98 Å². The van der Waals surface area contributed by atoms with E-state index in [-0.39, 0.29) is 5.97 Å². The summed E-state index contributed by atoms with van der Waals surface area (Å²) in [6, 6.07) is 0. The molecule has 1 fully saturated rings. The molecule has 0 unspecified atom stereocenters. The fourth-order valence-corrected chi connectivity index (χ4v) is 2.55. The fourth-order valence-electron chi connectivity index (χ4n) is 1.59. The van der Waals surface area contributed by atoms with Crippen LogP contribution in [0.1, 0.15) is 28.2 Å². The van der Waals surface area contributed by atoms with E-state index in [1.54, 1.807) is 0 Å². The molecule has 1 saturated carbocycles. The Morgan fingerprint density at radius 1 is 1.62 bits per heavy atom. The first-order chi connectivity index (χ1) is 7.61. The van der Waals surface area contributed by atoms with Crippen molar-refractivity contribution in [2.75, 3.05) is 25.6 Å². The molecule has 1 heterocycles. The van der Waals surface area contributed by atoms with Gasteiger partial charge in [-0.05, 0) is 25.7 Å². The van der Waals surface area contributed by atoms with E-state index < -0.39 is 0 Å². The number of carbonyl (C=O) groups excluding carboxylic acids is 1. The molecule has 16 heavy (non-hydrogen) atoms. The molecule has 88 valence electrons. The average Bonchev–Trinajstić information content (AvgIpc) is 2.98. The van der Waals surface area contributed by atoms with E-state index in [1.165, 1.54) is 31.3 Å². The number of esters is 1. The first-order valence-corrected chi connectivity index (χ1v) is 6.20. The lowest BCUT2D eigenvalue weighted by Crippen LogP contribution is -2.19. The highest BCUT2D eigenvalue weighted by Gasteiger charge is 2.25. The predicted octanol–water partition coefficient (Wildman–Crippen LogP) is 2.08. The number of methoxy groups -OCH3 is 1.